The van der Waals surface area contributed by atoms with Crippen LogP contribution in [0.5, 0.6) is 0 Å². The highest BCUT2D eigenvalue weighted by Crippen LogP contribution is 2.34. The Kier molecular flexibility index (Phi) is 7.06. The molecule has 2 aliphatic rings. The van der Waals surface area contributed by atoms with Crippen LogP contribution in [0.4, 0.5) is 11.5 Å². The molecule has 0 radical (unpaired) electrons. The topological polar surface area (TPSA) is 127 Å². The molecule has 36 heavy (non-hydrogen) atoms. The number of hydrogen-bond acceptors (Lipinski definition) is 8. The first-order valence-corrected chi connectivity index (χ1v) is 12.2. The zero-order valence-electron chi connectivity index (χ0n) is 20.1. The Bertz CT molecular complexity index is 1250. The average molecular weight is 492 g/mol. The zero-order valence-corrected chi connectivity index (χ0v) is 20.1. The van der Waals surface area contributed by atoms with Gasteiger partial charge < -0.3 is 24.6 Å². The van der Waals surface area contributed by atoms with Crippen LogP contribution in [0.2, 0.25) is 0 Å². The van der Waals surface area contributed by atoms with E-state index in [0.717, 1.165) is 24.7 Å². The predicted octanol–water partition coefficient (Wildman–Crippen LogP) is 3.53. The van der Waals surface area contributed by atoms with Gasteiger partial charge in [0.05, 0.1) is 19.4 Å². The summed E-state index contributed by atoms with van der Waals surface area (Å²) in [6, 6.07) is 7.04. The SMILES string of the molecule is Cc1ccc(NC(=O)c2oc3cccnc3c2NC(=O)C2CCC(N3COCCC3C=O)CC2)nc1. The van der Waals surface area contributed by atoms with Crippen LogP contribution >= 0.6 is 0 Å². The van der Waals surface area contributed by atoms with Crippen molar-refractivity contribution < 1.29 is 23.5 Å². The van der Waals surface area contributed by atoms with E-state index in [2.05, 4.69) is 25.5 Å². The quantitative estimate of drug-likeness (QED) is 0.502. The number of fused-ring (bicyclic) bond motifs is 1. The van der Waals surface area contributed by atoms with Gasteiger partial charge in [0, 0.05) is 24.4 Å². The molecule has 2 amide bonds. The summed E-state index contributed by atoms with van der Waals surface area (Å²) in [6.07, 6.45) is 7.89. The number of pyridine rings is 2. The molecule has 10 heteroatoms. The molecular weight excluding hydrogens is 462 g/mol. The summed E-state index contributed by atoms with van der Waals surface area (Å²) in [6.45, 7) is 2.96. The van der Waals surface area contributed by atoms with Crippen LogP contribution in [0.15, 0.2) is 41.1 Å². The Morgan fingerprint density at radius 1 is 1.08 bits per heavy atom. The molecule has 0 spiro atoms. The predicted molar refractivity (Wildman–Crippen MR) is 132 cm³/mol. The van der Waals surface area contributed by atoms with Crippen molar-refractivity contribution >= 4 is 40.7 Å². The highest BCUT2D eigenvalue weighted by Gasteiger charge is 2.35. The van der Waals surface area contributed by atoms with E-state index in [1.807, 2.05) is 13.0 Å². The third-order valence-corrected chi connectivity index (χ3v) is 6.97. The fourth-order valence-corrected chi connectivity index (χ4v) is 4.97. The maximum Gasteiger partial charge on any atom is 0.294 e. The van der Waals surface area contributed by atoms with Gasteiger partial charge in [-0.15, -0.1) is 0 Å². The second-order valence-corrected chi connectivity index (χ2v) is 9.37. The fraction of sp³-hybridized carbons (Fsp3) is 0.423. The molecule has 1 aliphatic carbocycles. The van der Waals surface area contributed by atoms with Crippen molar-refractivity contribution in [2.24, 2.45) is 5.92 Å². The van der Waals surface area contributed by atoms with Gasteiger partial charge in [-0.05, 0) is 62.8 Å². The van der Waals surface area contributed by atoms with E-state index in [1.54, 1.807) is 30.6 Å². The van der Waals surface area contributed by atoms with Crippen LogP contribution in [0.1, 0.15) is 48.2 Å². The Morgan fingerprint density at radius 2 is 1.92 bits per heavy atom. The molecule has 5 rings (SSSR count). The number of rotatable bonds is 6. The van der Waals surface area contributed by atoms with Gasteiger partial charge in [-0.25, -0.2) is 4.98 Å². The Labute approximate surface area is 208 Å². The van der Waals surface area contributed by atoms with Gasteiger partial charge in [0.15, 0.2) is 5.58 Å². The van der Waals surface area contributed by atoms with Crippen molar-refractivity contribution in [3.63, 3.8) is 0 Å². The number of ether oxygens (including phenoxy) is 1. The minimum atomic E-state index is -0.520. The molecule has 1 saturated heterocycles. The van der Waals surface area contributed by atoms with Gasteiger partial charge in [0.2, 0.25) is 11.7 Å². The number of aryl methyl sites for hydroxylation is 1. The highest BCUT2D eigenvalue weighted by atomic mass is 16.5. The van der Waals surface area contributed by atoms with E-state index in [0.29, 0.717) is 49.5 Å². The van der Waals surface area contributed by atoms with Crippen LogP contribution in [0.25, 0.3) is 11.1 Å². The molecule has 2 N–H and O–H groups in total. The van der Waals surface area contributed by atoms with Crippen molar-refractivity contribution in [1.29, 1.82) is 0 Å². The van der Waals surface area contributed by atoms with Crippen molar-refractivity contribution in [3.8, 4) is 0 Å². The lowest BCUT2D eigenvalue weighted by Crippen LogP contribution is -2.50. The summed E-state index contributed by atoms with van der Waals surface area (Å²) >= 11 is 0. The van der Waals surface area contributed by atoms with Gasteiger partial charge in [-0.3, -0.25) is 19.5 Å². The van der Waals surface area contributed by atoms with Crippen molar-refractivity contribution in [2.45, 2.75) is 51.1 Å². The molecule has 1 saturated carbocycles. The monoisotopic (exact) mass is 491 g/mol. The smallest absolute Gasteiger partial charge is 0.294 e. The molecule has 1 atom stereocenters. The third kappa shape index (κ3) is 5.00. The molecule has 0 aromatic carbocycles. The number of aldehydes is 1. The maximum absolute atomic E-state index is 13.3. The van der Waals surface area contributed by atoms with Gasteiger partial charge in [-0.1, -0.05) is 6.07 Å². The van der Waals surface area contributed by atoms with Crippen LogP contribution in [-0.4, -0.2) is 58.4 Å². The lowest BCUT2D eigenvalue weighted by atomic mass is 9.84. The number of hydrogen-bond donors (Lipinski definition) is 2. The van der Waals surface area contributed by atoms with E-state index in [1.165, 1.54) is 0 Å². The summed E-state index contributed by atoms with van der Waals surface area (Å²) < 4.78 is 11.4. The normalized spacial score (nSPS) is 22.8. The number of nitrogens with zero attached hydrogens (tertiary/aromatic N) is 3. The first kappa shape index (κ1) is 24.1. The highest BCUT2D eigenvalue weighted by molar-refractivity contribution is 6.13. The number of amides is 2. The van der Waals surface area contributed by atoms with Gasteiger partial charge >= 0.3 is 0 Å². The summed E-state index contributed by atoms with van der Waals surface area (Å²) in [4.78, 5) is 48.4. The van der Waals surface area contributed by atoms with Crippen molar-refractivity contribution in [2.75, 3.05) is 24.0 Å². The summed E-state index contributed by atoms with van der Waals surface area (Å²) in [5.41, 5.74) is 2.05. The van der Waals surface area contributed by atoms with Crippen LogP contribution in [0.3, 0.4) is 0 Å². The second-order valence-electron chi connectivity index (χ2n) is 9.37. The molecule has 4 heterocycles. The van der Waals surface area contributed by atoms with Gasteiger partial charge in [-0.2, -0.15) is 0 Å². The molecule has 1 aliphatic heterocycles. The van der Waals surface area contributed by atoms with Crippen molar-refractivity contribution in [1.82, 2.24) is 14.9 Å². The van der Waals surface area contributed by atoms with Crippen LogP contribution in [-0.2, 0) is 14.3 Å². The van der Waals surface area contributed by atoms with E-state index in [9.17, 15) is 14.4 Å². The molecular formula is C26H29N5O5. The Hall–Kier alpha value is -3.63. The number of furan rings is 1. The number of aromatic nitrogens is 2. The molecule has 188 valence electrons. The second kappa shape index (κ2) is 10.5. The lowest BCUT2D eigenvalue weighted by molar-refractivity contribution is -0.128. The van der Waals surface area contributed by atoms with Crippen LogP contribution < -0.4 is 10.6 Å². The average Bonchev–Trinajstić information content (AvgIpc) is 3.28. The van der Waals surface area contributed by atoms with E-state index in [-0.39, 0.29) is 35.4 Å². The van der Waals surface area contributed by atoms with Gasteiger partial charge in [0.1, 0.15) is 23.3 Å². The molecule has 3 aromatic heterocycles. The molecule has 1 unspecified atom stereocenters. The Morgan fingerprint density at radius 3 is 2.67 bits per heavy atom. The number of anilines is 2. The largest absolute Gasteiger partial charge is 0.447 e. The minimum Gasteiger partial charge on any atom is -0.447 e. The van der Waals surface area contributed by atoms with E-state index < -0.39 is 5.91 Å². The number of nitrogens with one attached hydrogen (secondary N) is 2. The fourth-order valence-electron chi connectivity index (χ4n) is 4.97. The minimum absolute atomic E-state index is 0.0209. The first-order chi connectivity index (χ1) is 17.5. The van der Waals surface area contributed by atoms with E-state index >= 15 is 0 Å². The van der Waals surface area contributed by atoms with E-state index in [4.69, 9.17) is 9.15 Å². The first-order valence-electron chi connectivity index (χ1n) is 12.2. The molecule has 3 aromatic rings. The number of carbonyl (C=O) groups excluding carboxylic acids is 3. The maximum atomic E-state index is 13.3. The third-order valence-electron chi connectivity index (χ3n) is 6.97. The van der Waals surface area contributed by atoms with Gasteiger partial charge in [0.25, 0.3) is 5.91 Å². The Balaban J connectivity index is 1.29. The molecule has 0 bridgehead atoms. The summed E-state index contributed by atoms with van der Waals surface area (Å²) in [7, 11) is 0. The molecule has 10 nitrogen and oxygen atoms in total. The van der Waals surface area contributed by atoms with Crippen molar-refractivity contribution in [3.05, 3.63) is 48.0 Å². The van der Waals surface area contributed by atoms with Crippen LogP contribution in [0, 0.1) is 12.8 Å². The molecule has 2 fully saturated rings. The standard InChI is InChI=1S/C26H29N5O5/c1-16-4-9-21(28-13-16)29-26(34)24-23(22-20(36-24)3-2-11-27-22)30-25(33)17-5-7-18(8-6-17)31-15-35-12-10-19(31)14-32/h2-4,9,11,13-14,17-19H,5-8,10,12,15H2,1H3,(H,30,33)(H,28,29,34). The summed E-state index contributed by atoms with van der Waals surface area (Å²) in [5, 5.41) is 5.65. The lowest BCUT2D eigenvalue weighted by Gasteiger charge is -2.41. The zero-order chi connectivity index (χ0) is 25.1. The summed E-state index contributed by atoms with van der Waals surface area (Å²) in [5.74, 6) is -0.554. The number of carbonyl (C=O) groups is 3.